The largest absolute Gasteiger partial charge is 0.207 e. The van der Waals surface area contributed by atoms with Gasteiger partial charge in [-0.1, -0.05) is 112 Å². The Morgan fingerprint density at radius 1 is 0.528 bits per heavy atom. The van der Waals surface area contributed by atoms with Gasteiger partial charge in [0, 0.05) is 10.5 Å². The van der Waals surface area contributed by atoms with Crippen molar-refractivity contribution >= 4 is 12.6 Å². The van der Waals surface area contributed by atoms with Gasteiger partial charge in [-0.15, -0.1) is 12.6 Å². The van der Waals surface area contributed by atoms with Crippen LogP contribution in [0.25, 0.3) is 0 Å². The van der Waals surface area contributed by atoms with E-state index in [4.69, 9.17) is 0 Å². The van der Waals surface area contributed by atoms with E-state index in [0.717, 1.165) is 4.90 Å². The van der Waals surface area contributed by atoms with Crippen LogP contribution in [0.3, 0.4) is 0 Å². The predicted molar refractivity (Wildman–Crippen MR) is 159 cm³/mol. The summed E-state index contributed by atoms with van der Waals surface area (Å²) in [6.07, 6.45) is 0. The van der Waals surface area contributed by atoms with Gasteiger partial charge in [0.05, 0.1) is 0 Å². The molecule has 0 radical (unpaired) electrons. The molecule has 3 aromatic carbocycles. The molecule has 0 bridgehead atoms. The zero-order valence-corrected chi connectivity index (χ0v) is 25.2. The molecule has 0 aliphatic carbocycles. The highest BCUT2D eigenvalue weighted by Gasteiger charge is 2.15. The lowest BCUT2D eigenvalue weighted by molar-refractivity contribution is 0.568. The fraction of sp³-hybridized carbons (Fsp3) is 0.455. The number of halogens is 2. The molecule has 0 fully saturated rings. The Hall–Kier alpha value is -2.13. The zero-order chi connectivity index (χ0) is 28.0. The molecule has 3 rings (SSSR count). The van der Waals surface area contributed by atoms with Gasteiger partial charge >= 0.3 is 0 Å². The first kappa shape index (κ1) is 33.9. The Balaban J connectivity index is 0.000000512. The number of thiol groups is 1. The third-order valence-electron chi connectivity index (χ3n) is 5.76. The molecule has 0 saturated heterocycles. The summed E-state index contributed by atoms with van der Waals surface area (Å²) in [6.45, 7) is 23.5. The van der Waals surface area contributed by atoms with E-state index >= 15 is 0 Å². The summed E-state index contributed by atoms with van der Waals surface area (Å²) in [7, 11) is 0. The summed E-state index contributed by atoms with van der Waals surface area (Å²) in [6, 6.07) is 18.8. The van der Waals surface area contributed by atoms with E-state index in [9.17, 15) is 8.78 Å². The summed E-state index contributed by atoms with van der Waals surface area (Å²) >= 11 is 4.34. The minimum Gasteiger partial charge on any atom is -0.207 e. The average Bonchev–Trinajstić information content (AvgIpc) is 2.84. The number of hydrogen-bond acceptors (Lipinski definition) is 1. The maximum absolute atomic E-state index is 12.3. The molecule has 0 aliphatic heterocycles. The van der Waals surface area contributed by atoms with Gasteiger partial charge in [0.1, 0.15) is 11.6 Å². The Labute approximate surface area is 226 Å². The molecule has 36 heavy (non-hydrogen) atoms. The summed E-state index contributed by atoms with van der Waals surface area (Å²) in [4.78, 5) is 1.09. The third kappa shape index (κ3) is 10.9. The van der Waals surface area contributed by atoms with Crippen molar-refractivity contribution in [1.29, 1.82) is 0 Å². The van der Waals surface area contributed by atoms with Crippen molar-refractivity contribution in [2.75, 3.05) is 0 Å². The number of rotatable bonds is 4. The molecule has 0 aromatic heterocycles. The Morgan fingerprint density at radius 2 is 0.889 bits per heavy atom. The minimum absolute atomic E-state index is 0.0810. The second-order valence-electron chi connectivity index (χ2n) is 9.87. The highest BCUT2D eigenvalue weighted by molar-refractivity contribution is 7.80. The van der Waals surface area contributed by atoms with Crippen molar-refractivity contribution in [1.82, 2.24) is 0 Å². The molecule has 200 valence electrons. The summed E-state index contributed by atoms with van der Waals surface area (Å²) in [5.41, 5.74) is 6.03. The molecular formula is C33H48F2S. The molecule has 0 spiro atoms. The van der Waals surface area contributed by atoms with Crippen LogP contribution in [0, 0.1) is 18.6 Å². The fourth-order valence-corrected chi connectivity index (χ4v) is 4.25. The van der Waals surface area contributed by atoms with Crippen LogP contribution >= 0.6 is 12.6 Å². The lowest BCUT2D eigenvalue weighted by atomic mass is 9.83. The standard InChI is InChI=1S/C15H24.C9H12S.C7H6F2.C2H6/c1-10(2)13-8-7-9-14(11(3)4)15(13)12(5)6;1-7(2)8-5-3-4-6-9(8)10;1-5-6(8)3-2-4-7(5)9;1-2/h7-12H,1-6H3;3-7,10H,1-2H3;2-4H,1H3;1-2H3. The van der Waals surface area contributed by atoms with E-state index in [1.807, 2.05) is 26.0 Å². The minimum atomic E-state index is -0.491. The zero-order valence-electron chi connectivity index (χ0n) is 24.3. The van der Waals surface area contributed by atoms with Gasteiger partial charge in [0.2, 0.25) is 0 Å². The molecule has 0 aliphatic rings. The van der Waals surface area contributed by atoms with Crippen LogP contribution in [-0.2, 0) is 0 Å². The van der Waals surface area contributed by atoms with Gasteiger partial charge < -0.3 is 0 Å². The quantitative estimate of drug-likeness (QED) is 0.329. The van der Waals surface area contributed by atoms with Crippen LogP contribution in [0.1, 0.15) is 121 Å². The van der Waals surface area contributed by atoms with Gasteiger partial charge in [-0.05, 0) is 71.0 Å². The Bertz CT molecular complexity index is 973. The highest BCUT2D eigenvalue weighted by Crippen LogP contribution is 2.32. The van der Waals surface area contributed by atoms with Crippen LogP contribution in [-0.4, -0.2) is 0 Å². The summed E-state index contributed by atoms with van der Waals surface area (Å²) in [5.74, 6) is 1.47. The highest BCUT2D eigenvalue weighted by atomic mass is 32.1. The van der Waals surface area contributed by atoms with Crippen LogP contribution < -0.4 is 0 Å². The van der Waals surface area contributed by atoms with E-state index in [2.05, 4.69) is 98.4 Å². The van der Waals surface area contributed by atoms with E-state index in [-0.39, 0.29) is 5.56 Å². The van der Waals surface area contributed by atoms with Crippen molar-refractivity contribution in [2.24, 2.45) is 0 Å². The summed E-state index contributed by atoms with van der Waals surface area (Å²) < 4.78 is 24.7. The predicted octanol–water partition coefficient (Wildman–Crippen LogP) is 11.5. The van der Waals surface area contributed by atoms with Gasteiger partial charge in [-0.25, -0.2) is 8.78 Å². The van der Waals surface area contributed by atoms with Gasteiger partial charge in [-0.2, -0.15) is 0 Å². The summed E-state index contributed by atoms with van der Waals surface area (Å²) in [5, 5.41) is 0. The van der Waals surface area contributed by atoms with E-state index in [1.54, 1.807) is 5.56 Å². The van der Waals surface area contributed by atoms with Crippen molar-refractivity contribution < 1.29 is 8.78 Å². The maximum Gasteiger partial charge on any atom is 0.129 e. The van der Waals surface area contributed by atoms with Crippen LogP contribution in [0.2, 0.25) is 0 Å². The molecule has 0 saturated carbocycles. The first-order chi connectivity index (χ1) is 16.9. The number of benzene rings is 3. The normalized spacial score (nSPS) is 10.4. The average molecular weight is 515 g/mol. The molecule has 0 atom stereocenters. The van der Waals surface area contributed by atoms with Crippen LogP contribution in [0.15, 0.2) is 65.6 Å². The first-order valence-electron chi connectivity index (χ1n) is 13.2. The lowest BCUT2D eigenvalue weighted by Crippen LogP contribution is -2.04. The molecule has 0 N–H and O–H groups in total. The van der Waals surface area contributed by atoms with E-state index in [0.29, 0.717) is 23.7 Å². The second kappa shape index (κ2) is 17.3. The Kier molecular flexibility index (Phi) is 16.3. The van der Waals surface area contributed by atoms with Gasteiger partial charge in [-0.3, -0.25) is 0 Å². The molecule has 0 unspecified atom stereocenters. The fourth-order valence-electron chi connectivity index (χ4n) is 3.83. The van der Waals surface area contributed by atoms with Crippen molar-refractivity contribution in [3.63, 3.8) is 0 Å². The van der Waals surface area contributed by atoms with Gasteiger partial charge in [0.15, 0.2) is 0 Å². The van der Waals surface area contributed by atoms with E-state index in [1.165, 1.54) is 41.8 Å². The molecule has 3 aromatic rings. The van der Waals surface area contributed by atoms with Crippen molar-refractivity contribution in [3.05, 3.63) is 100 Å². The van der Waals surface area contributed by atoms with Crippen LogP contribution in [0.4, 0.5) is 8.78 Å². The van der Waals surface area contributed by atoms with E-state index < -0.39 is 11.6 Å². The lowest BCUT2D eigenvalue weighted by Gasteiger charge is -2.22. The molecule has 0 nitrogen and oxygen atoms in total. The monoisotopic (exact) mass is 514 g/mol. The SMILES string of the molecule is CC.CC(C)c1cccc(C(C)C)c1C(C)C.CC(C)c1ccccc1S.Cc1c(F)cccc1F. The van der Waals surface area contributed by atoms with Gasteiger partial charge in [0.25, 0.3) is 0 Å². The molecule has 0 heterocycles. The van der Waals surface area contributed by atoms with Crippen molar-refractivity contribution in [3.8, 4) is 0 Å². The third-order valence-corrected chi connectivity index (χ3v) is 6.16. The topological polar surface area (TPSA) is 0 Å². The maximum atomic E-state index is 12.3. The molecule has 3 heteroatoms. The Morgan fingerprint density at radius 3 is 1.19 bits per heavy atom. The number of hydrogen-bond donors (Lipinski definition) is 1. The smallest absolute Gasteiger partial charge is 0.129 e. The first-order valence-corrected chi connectivity index (χ1v) is 13.6. The van der Waals surface area contributed by atoms with Crippen LogP contribution in [0.5, 0.6) is 0 Å². The molecule has 0 amide bonds. The molecular weight excluding hydrogens is 466 g/mol. The van der Waals surface area contributed by atoms with Crippen molar-refractivity contribution in [2.45, 2.75) is 105 Å². The second-order valence-corrected chi connectivity index (χ2v) is 10.4.